The van der Waals surface area contributed by atoms with Crippen molar-refractivity contribution in [1.82, 2.24) is 19.5 Å². The fraction of sp³-hybridized carbons (Fsp3) is 0.217. The van der Waals surface area contributed by atoms with Crippen LogP contribution in [-0.2, 0) is 31.9 Å². The Labute approximate surface area is 405 Å². The molecule has 0 aliphatic carbocycles. The van der Waals surface area contributed by atoms with Gasteiger partial charge in [-0.25, -0.2) is 4.98 Å². The van der Waals surface area contributed by atoms with Gasteiger partial charge < -0.3 is 5.11 Å². The van der Waals surface area contributed by atoms with Crippen LogP contribution in [-0.4, -0.2) is 24.6 Å². The van der Waals surface area contributed by atoms with Gasteiger partial charge in [-0.15, -0.1) is 29.3 Å². The van der Waals surface area contributed by atoms with E-state index in [2.05, 4.69) is 199 Å². The van der Waals surface area contributed by atoms with Gasteiger partial charge in [-0.05, 0) is 104 Å². The van der Waals surface area contributed by atoms with E-state index in [1.54, 1.807) is 0 Å². The van der Waals surface area contributed by atoms with Crippen molar-refractivity contribution in [2.24, 2.45) is 0 Å². The summed E-state index contributed by atoms with van der Waals surface area (Å²) in [5.74, 6) is 1.29. The number of rotatable bonds is 10. The van der Waals surface area contributed by atoms with Crippen LogP contribution in [0.5, 0.6) is 5.75 Å². The van der Waals surface area contributed by atoms with E-state index < -0.39 is 5.41 Å². The minimum absolute atomic E-state index is 0. The third-order valence-corrected chi connectivity index (χ3v) is 12.9. The molecule has 3 aromatic heterocycles. The van der Waals surface area contributed by atoms with E-state index in [9.17, 15) is 5.11 Å². The van der Waals surface area contributed by atoms with Crippen molar-refractivity contribution in [2.75, 3.05) is 0 Å². The number of aromatic hydroxyl groups is 1. The second kappa shape index (κ2) is 18.5. The van der Waals surface area contributed by atoms with Gasteiger partial charge in [0.05, 0.1) is 22.3 Å². The summed E-state index contributed by atoms with van der Waals surface area (Å²) >= 11 is 0. The third-order valence-electron chi connectivity index (χ3n) is 12.9. The molecule has 0 amide bonds. The molecular formula is C60H57N4OPt-. The maximum Gasteiger partial charge on any atom is 0.148 e. The van der Waals surface area contributed by atoms with E-state index in [-0.39, 0.29) is 44.1 Å². The molecule has 0 saturated carbocycles. The van der Waals surface area contributed by atoms with Crippen molar-refractivity contribution in [3.05, 3.63) is 198 Å². The Morgan fingerprint density at radius 3 is 1.77 bits per heavy atom. The second-order valence-corrected chi connectivity index (χ2v) is 19.4. The predicted octanol–water partition coefficient (Wildman–Crippen LogP) is 15.5. The SMILES string of the molecule is CC(C)c1cc(-c2ccccc2)cc(C(C)C)c1-n1c(-c2cccc(C(C)(C)C)c2O)nc2c(-c3[c-]c(-c4cc(-c5ccccc5)ccn4)cc(C(C)(C)c4ccncc4)c3)cccc21.[Pt]. The molecule has 3 heterocycles. The van der Waals surface area contributed by atoms with E-state index in [0.29, 0.717) is 11.4 Å². The summed E-state index contributed by atoms with van der Waals surface area (Å²) in [4.78, 5) is 15.0. The first-order chi connectivity index (χ1) is 31.2. The summed E-state index contributed by atoms with van der Waals surface area (Å²) in [6.45, 7) is 20.0. The Morgan fingerprint density at radius 2 is 1.15 bits per heavy atom. The molecule has 0 unspecified atom stereocenters. The average molecular weight is 1050 g/mol. The Hall–Kier alpha value is -6.42. The van der Waals surface area contributed by atoms with Crippen LogP contribution in [0.1, 0.15) is 102 Å². The van der Waals surface area contributed by atoms with E-state index in [0.717, 1.165) is 66.9 Å². The number of para-hydroxylation sites is 2. The number of phenolic OH excluding ortho intramolecular Hbond substituents is 1. The van der Waals surface area contributed by atoms with Gasteiger partial charge in [-0.2, -0.15) is 0 Å². The number of pyridine rings is 2. The van der Waals surface area contributed by atoms with E-state index >= 15 is 0 Å². The maximum atomic E-state index is 12.3. The van der Waals surface area contributed by atoms with Gasteiger partial charge in [-0.3, -0.25) is 14.5 Å². The predicted molar refractivity (Wildman–Crippen MR) is 270 cm³/mol. The monoisotopic (exact) mass is 1040 g/mol. The Balaban J connectivity index is 0.00000592. The van der Waals surface area contributed by atoms with Gasteiger partial charge in [0.2, 0.25) is 0 Å². The molecule has 6 aromatic carbocycles. The summed E-state index contributed by atoms with van der Waals surface area (Å²) in [5, 5.41) is 12.3. The average Bonchev–Trinajstić information content (AvgIpc) is 3.70. The van der Waals surface area contributed by atoms with Gasteiger partial charge in [0.1, 0.15) is 11.6 Å². The molecule has 1 N–H and O–H groups in total. The Kier molecular flexibility index (Phi) is 12.9. The van der Waals surface area contributed by atoms with Crippen LogP contribution < -0.4 is 0 Å². The maximum absolute atomic E-state index is 12.3. The van der Waals surface area contributed by atoms with Crippen molar-refractivity contribution in [3.8, 4) is 67.5 Å². The zero-order valence-corrected chi connectivity index (χ0v) is 41.6. The van der Waals surface area contributed by atoms with Gasteiger partial charge >= 0.3 is 0 Å². The quantitative estimate of drug-likeness (QED) is 0.139. The van der Waals surface area contributed by atoms with Crippen molar-refractivity contribution < 1.29 is 26.2 Å². The molecule has 0 atom stereocenters. The van der Waals surface area contributed by atoms with Crippen LogP contribution in [0.2, 0.25) is 0 Å². The summed E-state index contributed by atoms with van der Waals surface area (Å²) in [7, 11) is 0. The van der Waals surface area contributed by atoms with Crippen molar-refractivity contribution >= 4 is 11.0 Å². The normalized spacial score (nSPS) is 11.9. The first-order valence-electron chi connectivity index (χ1n) is 22.8. The van der Waals surface area contributed by atoms with Crippen LogP contribution in [0, 0.1) is 6.07 Å². The van der Waals surface area contributed by atoms with Crippen LogP contribution in [0.4, 0.5) is 0 Å². The zero-order valence-electron chi connectivity index (χ0n) is 39.3. The molecule has 334 valence electrons. The number of fused-ring (bicyclic) bond motifs is 1. The van der Waals surface area contributed by atoms with Crippen LogP contribution in [0.3, 0.4) is 0 Å². The fourth-order valence-corrected chi connectivity index (χ4v) is 9.21. The van der Waals surface area contributed by atoms with Crippen LogP contribution in [0.25, 0.3) is 72.7 Å². The number of hydrogen-bond acceptors (Lipinski definition) is 4. The van der Waals surface area contributed by atoms with Gasteiger partial charge in [0, 0.05) is 50.8 Å². The largest absolute Gasteiger partial charge is 0.507 e. The second-order valence-electron chi connectivity index (χ2n) is 19.4. The van der Waals surface area contributed by atoms with Crippen molar-refractivity contribution in [3.63, 3.8) is 0 Å². The number of hydrogen-bond donors (Lipinski definition) is 1. The number of nitrogens with zero attached hydrogens (tertiary/aromatic N) is 4. The summed E-state index contributed by atoms with van der Waals surface area (Å²) in [6.07, 6.45) is 5.61. The standard InChI is InChI=1S/C60H57N4O.Pt/c1-38(2)50-35-43(41-20-14-11-15-21-41)36-51(39(3)4)56(50)64-54-25-17-22-48(55(54)63-58(64)49-23-16-24-52(57(49)65)59(5,6)7)44-32-45(34-47(33-44)60(8,9)46-27-29-61-30-28-46)53-37-42(26-31-62-53)40-18-12-10-13-19-40;/h10-31,33-39,65H,1-9H3;/q-1;. The van der Waals surface area contributed by atoms with Gasteiger partial charge in [-0.1, -0.05) is 164 Å². The number of benzene rings is 6. The van der Waals surface area contributed by atoms with Crippen LogP contribution >= 0.6 is 0 Å². The molecule has 0 fully saturated rings. The molecule has 6 heteroatoms. The van der Waals surface area contributed by atoms with Crippen molar-refractivity contribution in [1.29, 1.82) is 0 Å². The summed E-state index contributed by atoms with van der Waals surface area (Å²) in [5.41, 5.74) is 16.6. The molecule has 66 heavy (non-hydrogen) atoms. The summed E-state index contributed by atoms with van der Waals surface area (Å²) < 4.78 is 2.33. The first kappa shape index (κ1) is 46.1. The Bertz CT molecular complexity index is 3130. The summed E-state index contributed by atoms with van der Waals surface area (Å²) in [6, 6.07) is 55.1. The molecule has 5 nitrogen and oxygen atoms in total. The van der Waals surface area contributed by atoms with Gasteiger partial charge in [0.15, 0.2) is 0 Å². The molecule has 0 saturated heterocycles. The molecule has 9 rings (SSSR count). The minimum atomic E-state index is -0.394. The molecule has 9 aromatic rings. The smallest absolute Gasteiger partial charge is 0.148 e. The van der Waals surface area contributed by atoms with Crippen LogP contribution in [0.15, 0.2) is 164 Å². The zero-order chi connectivity index (χ0) is 45.6. The molecule has 0 spiro atoms. The third kappa shape index (κ3) is 8.70. The van der Waals surface area contributed by atoms with Gasteiger partial charge in [0.25, 0.3) is 0 Å². The molecular weight excluding hydrogens is 988 g/mol. The molecule has 0 aliphatic heterocycles. The number of phenols is 1. The van der Waals surface area contributed by atoms with E-state index in [1.165, 1.54) is 22.3 Å². The molecule has 0 radical (unpaired) electrons. The number of aromatic nitrogens is 4. The first-order valence-corrected chi connectivity index (χ1v) is 22.8. The fourth-order valence-electron chi connectivity index (χ4n) is 9.21. The number of imidazole rings is 1. The molecule has 0 aliphatic rings. The van der Waals surface area contributed by atoms with E-state index in [4.69, 9.17) is 9.97 Å². The van der Waals surface area contributed by atoms with E-state index in [1.807, 2.05) is 42.9 Å². The minimum Gasteiger partial charge on any atom is -0.507 e. The molecule has 0 bridgehead atoms. The topological polar surface area (TPSA) is 63.8 Å². The van der Waals surface area contributed by atoms with Crippen molar-refractivity contribution in [2.45, 2.75) is 85.0 Å². The Morgan fingerprint density at radius 1 is 0.561 bits per heavy atom.